The normalized spacial score (nSPS) is 13.7. The summed E-state index contributed by atoms with van der Waals surface area (Å²) in [5, 5.41) is 25.9. The lowest BCUT2D eigenvalue weighted by atomic mass is 9.96. The van der Waals surface area contributed by atoms with Crippen molar-refractivity contribution in [3.8, 4) is 5.75 Å². The number of aliphatic hydroxyl groups excluding tert-OH is 1. The number of nitrogens with one attached hydrogen (secondary N) is 2. The van der Waals surface area contributed by atoms with Gasteiger partial charge in [0.05, 0.1) is 6.61 Å². The predicted octanol–water partition coefficient (Wildman–Crippen LogP) is 5.54. The maximum atomic E-state index is 14.2. The highest BCUT2D eigenvalue weighted by Gasteiger charge is 2.39. The lowest BCUT2D eigenvalue weighted by Crippen LogP contribution is -2.56. The van der Waals surface area contributed by atoms with Crippen LogP contribution in [0.4, 0.5) is 10.5 Å². The first kappa shape index (κ1) is 33.6. The molecule has 2 rings (SSSR count). The van der Waals surface area contributed by atoms with Crippen molar-refractivity contribution in [2.75, 3.05) is 11.9 Å². The summed E-state index contributed by atoms with van der Waals surface area (Å²) < 4.78 is 5.33. The van der Waals surface area contributed by atoms with E-state index in [1.54, 1.807) is 39.8 Å². The number of phenols is 1. The van der Waals surface area contributed by atoms with Gasteiger partial charge in [0.15, 0.2) is 0 Å². The van der Waals surface area contributed by atoms with Crippen molar-refractivity contribution in [3.63, 3.8) is 0 Å². The molecule has 41 heavy (non-hydrogen) atoms. The zero-order valence-electron chi connectivity index (χ0n) is 25.9. The molecule has 0 aliphatic carbocycles. The first-order valence-electron chi connectivity index (χ1n) is 14.1. The van der Waals surface area contributed by atoms with Crippen LogP contribution in [-0.2, 0) is 14.3 Å². The van der Waals surface area contributed by atoms with E-state index in [9.17, 15) is 24.6 Å². The Balaban J connectivity index is 2.65. The summed E-state index contributed by atoms with van der Waals surface area (Å²) in [5.41, 5.74) is 2.59. The van der Waals surface area contributed by atoms with Gasteiger partial charge in [-0.3, -0.25) is 9.59 Å². The van der Waals surface area contributed by atoms with Crippen LogP contribution in [0.1, 0.15) is 82.7 Å². The standard InChI is InChI=1S/C32H47N3O6/c1-19(2)13-14-23(6)35(30(39)25(18-36)33-31(40)41-32(7,8)9)28(24-15-16-26(37)22(5)17-24)29(38)34-27-20(3)11-10-12-21(27)4/h10-12,15-17,19,23,25,28,36-37H,13-14,18H2,1-9H3,(H,33,40)(H,34,38). The SMILES string of the molecule is Cc1cc(C(C(=O)Nc2c(C)cccc2C)N(C(=O)C(CO)NC(=O)OC(C)(C)C)C(C)CCC(C)C)ccc1O. The molecule has 2 aromatic carbocycles. The van der Waals surface area contributed by atoms with Crippen LogP contribution in [0.3, 0.4) is 0 Å². The van der Waals surface area contributed by atoms with Crippen LogP contribution in [0.15, 0.2) is 36.4 Å². The largest absolute Gasteiger partial charge is 0.508 e. The molecule has 226 valence electrons. The van der Waals surface area contributed by atoms with Crippen LogP contribution in [-0.4, -0.2) is 57.3 Å². The highest BCUT2D eigenvalue weighted by atomic mass is 16.6. The number of alkyl carbamates (subject to hydrolysis) is 1. The molecule has 3 unspecified atom stereocenters. The number of hydrogen-bond donors (Lipinski definition) is 4. The van der Waals surface area contributed by atoms with Gasteiger partial charge in [0.2, 0.25) is 5.91 Å². The number of anilines is 1. The number of carbonyl (C=O) groups excluding carboxylic acids is 3. The van der Waals surface area contributed by atoms with Crippen molar-refractivity contribution < 1.29 is 29.3 Å². The summed E-state index contributed by atoms with van der Waals surface area (Å²) in [6.45, 7) is 15.9. The van der Waals surface area contributed by atoms with E-state index in [0.717, 1.165) is 17.5 Å². The van der Waals surface area contributed by atoms with Crippen molar-refractivity contribution in [1.29, 1.82) is 0 Å². The van der Waals surface area contributed by atoms with E-state index in [2.05, 4.69) is 24.5 Å². The predicted molar refractivity (Wildman–Crippen MR) is 161 cm³/mol. The van der Waals surface area contributed by atoms with E-state index < -0.39 is 48.2 Å². The van der Waals surface area contributed by atoms with E-state index in [1.807, 2.05) is 39.0 Å². The molecule has 0 aromatic heterocycles. The average Bonchev–Trinajstić information content (AvgIpc) is 2.86. The highest BCUT2D eigenvalue weighted by molar-refractivity contribution is 6.00. The molecule has 9 heteroatoms. The monoisotopic (exact) mass is 569 g/mol. The van der Waals surface area contributed by atoms with Gasteiger partial charge in [-0.05, 0) is 102 Å². The van der Waals surface area contributed by atoms with Crippen LogP contribution >= 0.6 is 0 Å². The molecule has 0 fully saturated rings. The lowest BCUT2D eigenvalue weighted by Gasteiger charge is -2.38. The molecule has 0 saturated carbocycles. The van der Waals surface area contributed by atoms with Crippen LogP contribution in [0.25, 0.3) is 0 Å². The number of hydrogen-bond acceptors (Lipinski definition) is 6. The Morgan fingerprint density at radius 1 is 0.951 bits per heavy atom. The molecule has 0 heterocycles. The number of aromatic hydroxyl groups is 1. The van der Waals surface area contributed by atoms with Crippen LogP contribution in [0.2, 0.25) is 0 Å². The number of aryl methyl sites for hydroxylation is 3. The summed E-state index contributed by atoms with van der Waals surface area (Å²) in [6, 6.07) is 7.55. The summed E-state index contributed by atoms with van der Waals surface area (Å²) in [4.78, 5) is 42.4. The van der Waals surface area contributed by atoms with Gasteiger partial charge in [0, 0.05) is 11.7 Å². The third kappa shape index (κ3) is 9.49. The molecule has 0 aliphatic rings. The Morgan fingerprint density at radius 3 is 2.07 bits per heavy atom. The number of amides is 3. The first-order valence-corrected chi connectivity index (χ1v) is 14.1. The fraction of sp³-hybridized carbons (Fsp3) is 0.531. The minimum atomic E-state index is -1.35. The molecule has 2 aromatic rings. The van der Waals surface area contributed by atoms with Gasteiger partial charge in [-0.2, -0.15) is 0 Å². The molecule has 3 atom stereocenters. The quantitative estimate of drug-likeness (QED) is 0.281. The molecule has 3 amide bonds. The molecule has 0 spiro atoms. The summed E-state index contributed by atoms with van der Waals surface area (Å²) in [7, 11) is 0. The van der Waals surface area contributed by atoms with Crippen LogP contribution in [0.5, 0.6) is 5.75 Å². The Hall–Kier alpha value is -3.59. The van der Waals surface area contributed by atoms with Crippen molar-refractivity contribution >= 4 is 23.6 Å². The van der Waals surface area contributed by atoms with E-state index in [4.69, 9.17) is 4.74 Å². The fourth-order valence-corrected chi connectivity index (χ4v) is 4.62. The van der Waals surface area contributed by atoms with Crippen molar-refractivity contribution in [2.45, 2.75) is 98.9 Å². The van der Waals surface area contributed by atoms with Crippen LogP contribution in [0, 0.1) is 26.7 Å². The molecule has 0 bridgehead atoms. The average molecular weight is 570 g/mol. The van der Waals surface area contributed by atoms with Gasteiger partial charge in [-0.1, -0.05) is 38.1 Å². The second-order valence-electron chi connectivity index (χ2n) is 12.2. The third-order valence-corrected chi connectivity index (χ3v) is 6.86. The zero-order valence-corrected chi connectivity index (χ0v) is 25.9. The number of phenolic OH excluding ortho intramolecular Hbond substituents is 1. The van der Waals surface area contributed by atoms with Crippen molar-refractivity contribution in [2.24, 2.45) is 5.92 Å². The fourth-order valence-electron chi connectivity index (χ4n) is 4.62. The number of nitrogens with zero attached hydrogens (tertiary/aromatic N) is 1. The van der Waals surface area contributed by atoms with E-state index in [-0.39, 0.29) is 5.75 Å². The summed E-state index contributed by atoms with van der Waals surface area (Å²) >= 11 is 0. The molecule has 0 radical (unpaired) electrons. The van der Waals surface area contributed by atoms with Crippen molar-refractivity contribution in [3.05, 3.63) is 58.7 Å². The third-order valence-electron chi connectivity index (χ3n) is 6.86. The Labute approximate surface area is 244 Å². The second kappa shape index (κ2) is 14.3. The molecular weight excluding hydrogens is 522 g/mol. The Morgan fingerprint density at radius 2 is 1.56 bits per heavy atom. The number of carbonyl (C=O) groups is 3. The topological polar surface area (TPSA) is 128 Å². The lowest BCUT2D eigenvalue weighted by molar-refractivity contribution is -0.144. The van der Waals surface area contributed by atoms with E-state index in [1.165, 1.54) is 11.0 Å². The van der Waals surface area contributed by atoms with Gasteiger partial charge in [-0.15, -0.1) is 0 Å². The molecule has 0 saturated heterocycles. The molecule has 9 nitrogen and oxygen atoms in total. The second-order valence-corrected chi connectivity index (χ2v) is 12.2. The van der Waals surface area contributed by atoms with Gasteiger partial charge >= 0.3 is 6.09 Å². The van der Waals surface area contributed by atoms with E-state index >= 15 is 0 Å². The van der Waals surface area contributed by atoms with Crippen LogP contribution < -0.4 is 10.6 Å². The summed E-state index contributed by atoms with van der Waals surface area (Å²) in [5.74, 6) is -0.665. The summed E-state index contributed by atoms with van der Waals surface area (Å²) in [6.07, 6.45) is 0.517. The smallest absolute Gasteiger partial charge is 0.408 e. The number of aliphatic hydroxyl groups is 1. The zero-order chi connectivity index (χ0) is 31.1. The number of para-hydroxylation sites is 1. The first-order chi connectivity index (χ1) is 19.0. The molecular formula is C32H47N3O6. The maximum Gasteiger partial charge on any atom is 0.408 e. The number of ether oxygens (including phenoxy) is 1. The Bertz CT molecular complexity index is 1200. The van der Waals surface area contributed by atoms with Crippen molar-refractivity contribution in [1.82, 2.24) is 10.2 Å². The number of benzene rings is 2. The van der Waals surface area contributed by atoms with Gasteiger partial charge < -0.3 is 30.5 Å². The highest BCUT2D eigenvalue weighted by Crippen LogP contribution is 2.32. The Kier molecular flexibility index (Phi) is 11.8. The number of rotatable bonds is 11. The molecule has 4 N–H and O–H groups in total. The van der Waals surface area contributed by atoms with Gasteiger partial charge in [0.1, 0.15) is 23.4 Å². The van der Waals surface area contributed by atoms with Gasteiger partial charge in [-0.25, -0.2) is 4.79 Å². The maximum absolute atomic E-state index is 14.2. The minimum Gasteiger partial charge on any atom is -0.508 e. The molecule has 0 aliphatic heterocycles. The van der Waals surface area contributed by atoms with E-state index in [0.29, 0.717) is 29.2 Å². The minimum absolute atomic E-state index is 0.0632. The van der Waals surface area contributed by atoms with Gasteiger partial charge in [0.25, 0.3) is 5.91 Å².